The lowest BCUT2D eigenvalue weighted by Crippen LogP contribution is -2.20. The van der Waals surface area contributed by atoms with Gasteiger partial charge in [0.05, 0.1) is 12.1 Å². The summed E-state index contributed by atoms with van der Waals surface area (Å²) in [5.41, 5.74) is 6.61. The SMILES string of the molecule is N#CC1=C(N)CNC=C1. The molecule has 0 aromatic rings. The Kier molecular flexibility index (Phi) is 1.41. The Bertz CT molecular complexity index is 207. The van der Waals surface area contributed by atoms with Crippen molar-refractivity contribution < 1.29 is 0 Å². The van der Waals surface area contributed by atoms with Crippen LogP contribution in [-0.2, 0) is 0 Å². The highest BCUT2D eigenvalue weighted by molar-refractivity contribution is 5.39. The zero-order valence-electron chi connectivity index (χ0n) is 4.89. The third kappa shape index (κ3) is 1.03. The highest BCUT2D eigenvalue weighted by atomic mass is 14.9. The molecule has 0 aromatic carbocycles. The Morgan fingerprint density at radius 1 is 1.78 bits per heavy atom. The number of nitrogens with two attached hydrogens (primary N) is 1. The van der Waals surface area contributed by atoms with Gasteiger partial charge in [-0.2, -0.15) is 5.26 Å². The van der Waals surface area contributed by atoms with Crippen LogP contribution >= 0.6 is 0 Å². The average Bonchev–Trinajstić information content (AvgIpc) is 1.89. The van der Waals surface area contributed by atoms with Gasteiger partial charge in [-0.15, -0.1) is 0 Å². The summed E-state index contributed by atoms with van der Waals surface area (Å²) in [5.74, 6) is 0. The van der Waals surface area contributed by atoms with Crippen LogP contribution in [0.15, 0.2) is 23.5 Å². The quantitative estimate of drug-likeness (QED) is 0.468. The molecule has 1 heterocycles. The molecule has 0 atom stereocenters. The van der Waals surface area contributed by atoms with Crippen LogP contribution < -0.4 is 11.1 Å². The van der Waals surface area contributed by atoms with Crippen LogP contribution in [0.5, 0.6) is 0 Å². The third-order valence-corrected chi connectivity index (χ3v) is 1.13. The maximum Gasteiger partial charge on any atom is 0.101 e. The van der Waals surface area contributed by atoms with Crippen LogP contribution in [0, 0.1) is 11.3 Å². The number of dihydropyridines is 1. The van der Waals surface area contributed by atoms with Gasteiger partial charge < -0.3 is 11.1 Å². The van der Waals surface area contributed by atoms with Crippen molar-refractivity contribution in [2.45, 2.75) is 0 Å². The molecule has 0 aliphatic carbocycles. The van der Waals surface area contributed by atoms with Gasteiger partial charge in [0.1, 0.15) is 6.07 Å². The summed E-state index contributed by atoms with van der Waals surface area (Å²) in [4.78, 5) is 0. The first-order valence-electron chi connectivity index (χ1n) is 2.63. The fourth-order valence-corrected chi connectivity index (χ4v) is 0.622. The van der Waals surface area contributed by atoms with E-state index in [1.807, 2.05) is 6.07 Å². The lowest BCUT2D eigenvalue weighted by Gasteiger charge is -2.06. The molecule has 0 amide bonds. The Morgan fingerprint density at radius 3 is 3.00 bits per heavy atom. The number of nitrogens with zero attached hydrogens (tertiary/aromatic N) is 1. The van der Waals surface area contributed by atoms with E-state index in [1.165, 1.54) is 0 Å². The molecule has 0 fully saturated rings. The fraction of sp³-hybridized carbons (Fsp3) is 0.167. The molecule has 9 heavy (non-hydrogen) atoms. The molecular formula is C6H7N3. The van der Waals surface area contributed by atoms with E-state index in [4.69, 9.17) is 11.0 Å². The van der Waals surface area contributed by atoms with E-state index in [2.05, 4.69) is 5.32 Å². The second kappa shape index (κ2) is 2.23. The Morgan fingerprint density at radius 2 is 2.56 bits per heavy atom. The topological polar surface area (TPSA) is 61.8 Å². The van der Waals surface area contributed by atoms with Crippen molar-refractivity contribution >= 4 is 0 Å². The zero-order valence-corrected chi connectivity index (χ0v) is 4.89. The molecule has 0 saturated carbocycles. The lowest BCUT2D eigenvalue weighted by atomic mass is 10.2. The van der Waals surface area contributed by atoms with Crippen molar-refractivity contribution in [3.8, 4) is 6.07 Å². The molecule has 0 spiro atoms. The standard InChI is InChI=1S/C6H7N3/c7-3-5-1-2-9-4-6(5)8/h1-2,9H,4,8H2. The summed E-state index contributed by atoms with van der Waals surface area (Å²) in [6.45, 7) is 0.583. The Labute approximate surface area is 53.5 Å². The van der Waals surface area contributed by atoms with E-state index in [9.17, 15) is 0 Å². The highest BCUT2D eigenvalue weighted by Gasteiger charge is 2.00. The number of nitriles is 1. The zero-order chi connectivity index (χ0) is 6.69. The van der Waals surface area contributed by atoms with E-state index in [1.54, 1.807) is 12.3 Å². The van der Waals surface area contributed by atoms with Crippen molar-refractivity contribution in [2.24, 2.45) is 5.73 Å². The fourth-order valence-electron chi connectivity index (χ4n) is 0.622. The van der Waals surface area contributed by atoms with Crippen molar-refractivity contribution in [3.63, 3.8) is 0 Å². The molecule has 46 valence electrons. The summed E-state index contributed by atoms with van der Waals surface area (Å²) in [6.07, 6.45) is 3.38. The Hall–Kier alpha value is -1.43. The van der Waals surface area contributed by atoms with E-state index < -0.39 is 0 Å². The molecule has 0 saturated heterocycles. The molecule has 1 aliphatic heterocycles. The minimum atomic E-state index is 0.564. The Balaban J connectivity index is 2.88. The molecule has 1 aliphatic rings. The predicted octanol–water partition coefficient (Wildman–Crippen LogP) is -0.160. The maximum atomic E-state index is 8.39. The number of allylic oxidation sites excluding steroid dienone is 2. The van der Waals surface area contributed by atoms with Crippen LogP contribution in [0.2, 0.25) is 0 Å². The molecule has 3 nitrogen and oxygen atoms in total. The van der Waals surface area contributed by atoms with Gasteiger partial charge in [-0.3, -0.25) is 0 Å². The van der Waals surface area contributed by atoms with Crippen molar-refractivity contribution in [1.82, 2.24) is 5.32 Å². The first kappa shape index (κ1) is 5.70. The second-order valence-electron chi connectivity index (χ2n) is 1.76. The van der Waals surface area contributed by atoms with Crippen LogP contribution in [0.3, 0.4) is 0 Å². The molecule has 0 radical (unpaired) electrons. The van der Waals surface area contributed by atoms with Gasteiger partial charge in [-0.25, -0.2) is 0 Å². The maximum absolute atomic E-state index is 8.39. The number of hydrogen-bond donors (Lipinski definition) is 2. The number of hydrogen-bond acceptors (Lipinski definition) is 3. The number of rotatable bonds is 0. The summed E-state index contributed by atoms with van der Waals surface area (Å²) < 4.78 is 0. The lowest BCUT2D eigenvalue weighted by molar-refractivity contribution is 0.898. The molecule has 3 N–H and O–H groups in total. The van der Waals surface area contributed by atoms with Gasteiger partial charge in [0.25, 0.3) is 0 Å². The van der Waals surface area contributed by atoms with Crippen LogP contribution in [0.4, 0.5) is 0 Å². The monoisotopic (exact) mass is 121 g/mol. The van der Waals surface area contributed by atoms with Crippen molar-refractivity contribution in [2.75, 3.05) is 6.54 Å². The normalized spacial score (nSPS) is 16.8. The minimum absolute atomic E-state index is 0.564. The second-order valence-corrected chi connectivity index (χ2v) is 1.76. The van der Waals surface area contributed by atoms with Crippen LogP contribution in [-0.4, -0.2) is 6.54 Å². The first-order valence-corrected chi connectivity index (χ1v) is 2.63. The molecule has 0 unspecified atom stereocenters. The summed E-state index contributed by atoms with van der Waals surface area (Å²) in [7, 11) is 0. The van der Waals surface area contributed by atoms with Gasteiger partial charge in [-0.1, -0.05) is 0 Å². The number of nitrogens with one attached hydrogen (secondary N) is 1. The first-order chi connectivity index (χ1) is 4.34. The van der Waals surface area contributed by atoms with Gasteiger partial charge in [-0.05, 0) is 12.3 Å². The van der Waals surface area contributed by atoms with E-state index in [0.717, 1.165) is 0 Å². The molecule has 0 aromatic heterocycles. The summed E-state index contributed by atoms with van der Waals surface area (Å²) in [5, 5.41) is 11.3. The minimum Gasteiger partial charge on any atom is -0.400 e. The van der Waals surface area contributed by atoms with E-state index >= 15 is 0 Å². The smallest absolute Gasteiger partial charge is 0.101 e. The predicted molar refractivity (Wildman–Crippen MR) is 34.0 cm³/mol. The highest BCUT2D eigenvalue weighted by Crippen LogP contribution is 2.01. The van der Waals surface area contributed by atoms with E-state index in [0.29, 0.717) is 17.8 Å². The van der Waals surface area contributed by atoms with Gasteiger partial charge in [0, 0.05) is 5.70 Å². The molecule has 0 bridgehead atoms. The van der Waals surface area contributed by atoms with Crippen molar-refractivity contribution in [3.05, 3.63) is 23.5 Å². The van der Waals surface area contributed by atoms with Crippen LogP contribution in [0.1, 0.15) is 0 Å². The average molecular weight is 121 g/mol. The molecular weight excluding hydrogens is 114 g/mol. The summed E-state index contributed by atoms with van der Waals surface area (Å²) >= 11 is 0. The third-order valence-electron chi connectivity index (χ3n) is 1.13. The summed E-state index contributed by atoms with van der Waals surface area (Å²) in [6, 6.07) is 1.98. The molecule has 1 rings (SSSR count). The van der Waals surface area contributed by atoms with Gasteiger partial charge in [0.2, 0.25) is 0 Å². The van der Waals surface area contributed by atoms with Crippen molar-refractivity contribution in [1.29, 1.82) is 5.26 Å². The van der Waals surface area contributed by atoms with Gasteiger partial charge >= 0.3 is 0 Å². The molecule has 3 heteroatoms. The largest absolute Gasteiger partial charge is 0.400 e. The van der Waals surface area contributed by atoms with E-state index in [-0.39, 0.29) is 0 Å². The van der Waals surface area contributed by atoms with Crippen LogP contribution in [0.25, 0.3) is 0 Å². The van der Waals surface area contributed by atoms with Gasteiger partial charge in [0.15, 0.2) is 0 Å².